The smallest absolute Gasteiger partial charge is 0.550 e. The number of carbonyl (C=O) groups excluding carboxylic acids is 3. The number of rotatable bonds is 5. The number of carbonyl (C=O) groups is 3. The molecular weight excluding hydrogens is 367 g/mol. The molecule has 0 saturated carbocycles. The topological polar surface area (TPSA) is 121 Å². The zero-order valence-electron chi connectivity index (χ0n) is 13.7. The number of nitro groups is 1. The van der Waals surface area contributed by atoms with Crippen LogP contribution in [0, 0.1) is 10.1 Å². The van der Waals surface area contributed by atoms with Crippen LogP contribution < -0.4 is 56.5 Å². The van der Waals surface area contributed by atoms with E-state index in [4.69, 9.17) is 0 Å². The first-order valence-electron chi connectivity index (χ1n) is 7.32. The number of hydrogen-bond donors (Lipinski definition) is 0. The number of amides is 2. The average Bonchev–Trinajstić information content (AvgIpc) is 2.84. The van der Waals surface area contributed by atoms with Gasteiger partial charge in [-0.2, -0.15) is 0 Å². The second-order valence-electron chi connectivity index (χ2n) is 5.44. The summed E-state index contributed by atoms with van der Waals surface area (Å²) < 4.78 is 0. The van der Waals surface area contributed by atoms with Gasteiger partial charge in [0.05, 0.1) is 16.5 Å². The van der Waals surface area contributed by atoms with Crippen molar-refractivity contribution in [2.24, 2.45) is 0 Å². The Kier molecular flexibility index (Phi) is 6.42. The van der Waals surface area contributed by atoms with Gasteiger partial charge >= 0.3 is 51.4 Å². The summed E-state index contributed by atoms with van der Waals surface area (Å²) in [5.41, 5.74) is -0.502. The molecular formula is C17H11KN2O6. The first kappa shape index (κ1) is 20.4. The van der Waals surface area contributed by atoms with Crippen molar-refractivity contribution >= 4 is 23.5 Å². The molecule has 2 aromatic carbocycles. The van der Waals surface area contributed by atoms with Crippen LogP contribution in [-0.2, 0) is 4.79 Å². The van der Waals surface area contributed by atoms with Gasteiger partial charge in [0.25, 0.3) is 17.5 Å². The molecule has 0 radical (unpaired) electrons. The number of carboxylic acids is 1. The quantitative estimate of drug-likeness (QED) is 0.259. The number of imide groups is 1. The third-order valence-electron chi connectivity index (χ3n) is 3.98. The number of fused-ring (bicyclic) bond motifs is 1. The van der Waals surface area contributed by atoms with Crippen molar-refractivity contribution in [3.8, 4) is 0 Å². The van der Waals surface area contributed by atoms with Crippen molar-refractivity contribution in [1.82, 2.24) is 4.90 Å². The molecule has 126 valence electrons. The number of benzene rings is 2. The van der Waals surface area contributed by atoms with Crippen LogP contribution in [0.2, 0.25) is 0 Å². The maximum absolute atomic E-state index is 12.7. The predicted molar refractivity (Wildman–Crippen MR) is 82.4 cm³/mol. The molecule has 8 nitrogen and oxygen atoms in total. The molecule has 0 fully saturated rings. The van der Waals surface area contributed by atoms with E-state index in [-0.39, 0.29) is 62.5 Å². The molecule has 1 heterocycles. The first-order chi connectivity index (χ1) is 11.9. The summed E-state index contributed by atoms with van der Waals surface area (Å²) in [6.07, 6.45) is -0.608. The minimum atomic E-state index is -1.44. The zero-order chi connectivity index (χ0) is 18.1. The molecule has 26 heavy (non-hydrogen) atoms. The van der Waals surface area contributed by atoms with Gasteiger partial charge in [0.2, 0.25) is 0 Å². The third kappa shape index (κ3) is 3.62. The molecule has 9 heteroatoms. The van der Waals surface area contributed by atoms with E-state index in [1.807, 2.05) is 0 Å². The van der Waals surface area contributed by atoms with Gasteiger partial charge in [0.1, 0.15) is 5.56 Å². The van der Waals surface area contributed by atoms with Gasteiger partial charge < -0.3 is 9.90 Å². The van der Waals surface area contributed by atoms with Gasteiger partial charge in [-0.15, -0.1) is 0 Å². The van der Waals surface area contributed by atoms with E-state index in [2.05, 4.69) is 0 Å². The Morgan fingerprint density at radius 3 is 2.27 bits per heavy atom. The molecule has 0 spiro atoms. The number of carboxylic acid groups (broad SMARTS) is 1. The molecule has 1 atom stereocenters. The fourth-order valence-corrected chi connectivity index (χ4v) is 2.91. The van der Waals surface area contributed by atoms with Crippen LogP contribution >= 0.6 is 0 Å². The maximum Gasteiger partial charge on any atom is 1.00 e. The molecule has 0 aromatic heterocycles. The fourth-order valence-electron chi connectivity index (χ4n) is 2.91. The Labute approximate surface area is 190 Å². The monoisotopic (exact) mass is 378 g/mol. The molecule has 2 aromatic rings. The van der Waals surface area contributed by atoms with Gasteiger partial charge in [-0.3, -0.25) is 24.6 Å². The molecule has 1 unspecified atom stereocenters. The SMILES string of the molecule is O=C([O-])CC(c1ccccc1)N1C(=O)c2cccc([N+](=O)[O-])c2C1=O.[K+]. The maximum atomic E-state index is 12.7. The van der Waals surface area contributed by atoms with E-state index in [1.165, 1.54) is 12.1 Å². The molecule has 0 saturated heterocycles. The van der Waals surface area contributed by atoms with Crippen molar-refractivity contribution < 1.29 is 75.8 Å². The van der Waals surface area contributed by atoms with E-state index in [1.54, 1.807) is 30.3 Å². The second-order valence-corrected chi connectivity index (χ2v) is 5.44. The van der Waals surface area contributed by atoms with Gasteiger partial charge in [-0.1, -0.05) is 36.4 Å². The van der Waals surface area contributed by atoms with Crippen molar-refractivity contribution in [2.75, 3.05) is 0 Å². The third-order valence-corrected chi connectivity index (χ3v) is 3.98. The minimum Gasteiger partial charge on any atom is -0.550 e. The van der Waals surface area contributed by atoms with Crippen LogP contribution in [0.1, 0.15) is 38.7 Å². The molecule has 3 rings (SSSR count). The molecule has 1 aliphatic rings. The normalized spacial score (nSPS) is 13.8. The largest absolute Gasteiger partial charge is 1.00 e. The van der Waals surface area contributed by atoms with Crippen LogP contribution in [0.15, 0.2) is 48.5 Å². The van der Waals surface area contributed by atoms with Crippen LogP contribution in [0.3, 0.4) is 0 Å². The number of hydrogen-bond acceptors (Lipinski definition) is 6. The van der Waals surface area contributed by atoms with Crippen molar-refractivity contribution in [2.45, 2.75) is 12.5 Å². The van der Waals surface area contributed by atoms with E-state index < -0.39 is 40.9 Å². The van der Waals surface area contributed by atoms with Crippen LogP contribution in [0.5, 0.6) is 0 Å². The fraction of sp³-hybridized carbons (Fsp3) is 0.118. The first-order valence-corrected chi connectivity index (χ1v) is 7.32. The summed E-state index contributed by atoms with van der Waals surface area (Å²) >= 11 is 0. The van der Waals surface area contributed by atoms with Gasteiger partial charge in [-0.05, 0) is 11.6 Å². The van der Waals surface area contributed by atoms with Crippen molar-refractivity contribution in [3.05, 3.63) is 75.3 Å². The molecule has 0 bridgehead atoms. The van der Waals surface area contributed by atoms with E-state index in [0.717, 1.165) is 11.0 Å². The van der Waals surface area contributed by atoms with Gasteiger partial charge in [0, 0.05) is 18.5 Å². The summed E-state index contributed by atoms with van der Waals surface area (Å²) in [6.45, 7) is 0. The summed E-state index contributed by atoms with van der Waals surface area (Å²) in [5.74, 6) is -3.10. The molecule has 0 aliphatic carbocycles. The van der Waals surface area contributed by atoms with E-state index in [0.29, 0.717) is 5.56 Å². The van der Waals surface area contributed by atoms with Crippen LogP contribution in [0.25, 0.3) is 0 Å². The Balaban J connectivity index is 0.00000243. The van der Waals surface area contributed by atoms with Crippen LogP contribution in [0.4, 0.5) is 5.69 Å². The van der Waals surface area contributed by atoms with Crippen molar-refractivity contribution in [1.29, 1.82) is 0 Å². The second kappa shape index (κ2) is 8.19. The predicted octanol–water partition coefficient (Wildman–Crippen LogP) is -1.92. The van der Waals surface area contributed by atoms with Crippen molar-refractivity contribution in [3.63, 3.8) is 0 Å². The standard InChI is InChI=1S/C17H12N2O6.K/c20-14(21)9-13(10-5-2-1-3-6-10)18-16(22)11-7-4-8-12(19(24)25)15(11)17(18)23;/h1-8,13H,9H2,(H,20,21);/q;+1/p-1. The summed E-state index contributed by atoms with van der Waals surface area (Å²) in [7, 11) is 0. The summed E-state index contributed by atoms with van der Waals surface area (Å²) in [5, 5.41) is 22.3. The Morgan fingerprint density at radius 1 is 1.04 bits per heavy atom. The minimum absolute atomic E-state index is 0. The van der Waals surface area contributed by atoms with Gasteiger partial charge in [0.15, 0.2) is 0 Å². The summed E-state index contributed by atoms with van der Waals surface area (Å²) in [4.78, 5) is 47.7. The summed E-state index contributed by atoms with van der Waals surface area (Å²) in [6, 6.07) is 10.8. The van der Waals surface area contributed by atoms with Crippen LogP contribution in [-0.4, -0.2) is 27.6 Å². The number of nitrogens with zero attached hydrogens (tertiary/aromatic N) is 2. The average molecular weight is 378 g/mol. The number of aliphatic carboxylic acids is 1. The van der Waals surface area contributed by atoms with E-state index >= 15 is 0 Å². The van der Waals surface area contributed by atoms with E-state index in [9.17, 15) is 29.6 Å². The Hall–Kier alpha value is -1.91. The Morgan fingerprint density at radius 2 is 1.69 bits per heavy atom. The molecule has 2 amide bonds. The molecule has 1 aliphatic heterocycles. The Bertz CT molecular complexity index is 899. The van der Waals surface area contributed by atoms with Gasteiger partial charge in [-0.25, -0.2) is 0 Å². The zero-order valence-corrected chi connectivity index (χ0v) is 16.9. The number of nitro benzene ring substituents is 1. The molecule has 0 N–H and O–H groups in total.